The summed E-state index contributed by atoms with van der Waals surface area (Å²) >= 11 is 0. The van der Waals surface area contributed by atoms with Crippen LogP contribution < -0.4 is 5.32 Å². The second-order valence-electron chi connectivity index (χ2n) is 6.16. The van der Waals surface area contributed by atoms with E-state index in [-0.39, 0.29) is 24.4 Å². The second kappa shape index (κ2) is 7.07. The zero-order chi connectivity index (χ0) is 14.5. The highest BCUT2D eigenvalue weighted by Crippen LogP contribution is 2.17. The summed E-state index contributed by atoms with van der Waals surface area (Å²) in [6, 6.07) is 0.582. The van der Waals surface area contributed by atoms with E-state index in [1.807, 2.05) is 6.92 Å². The maximum atomic E-state index is 12.0. The van der Waals surface area contributed by atoms with Crippen LogP contribution in [0.5, 0.6) is 0 Å². The summed E-state index contributed by atoms with van der Waals surface area (Å²) < 4.78 is 0. The summed E-state index contributed by atoms with van der Waals surface area (Å²) in [4.78, 5) is 27.7. The summed E-state index contributed by atoms with van der Waals surface area (Å²) in [5, 5.41) is 2.97. The zero-order valence-corrected chi connectivity index (χ0v) is 12.7. The van der Waals surface area contributed by atoms with Crippen LogP contribution in [0.2, 0.25) is 0 Å². The van der Waals surface area contributed by atoms with E-state index < -0.39 is 0 Å². The molecule has 0 radical (unpaired) electrons. The van der Waals surface area contributed by atoms with E-state index in [0.29, 0.717) is 19.0 Å². The molecule has 2 atom stereocenters. The van der Waals surface area contributed by atoms with E-state index in [1.165, 1.54) is 19.3 Å². The highest BCUT2D eigenvalue weighted by molar-refractivity contribution is 5.86. The molecule has 1 N–H and O–H groups in total. The third-order valence-corrected chi connectivity index (χ3v) is 4.55. The van der Waals surface area contributed by atoms with Gasteiger partial charge in [-0.15, -0.1) is 0 Å². The fourth-order valence-electron chi connectivity index (χ4n) is 3.08. The molecular formula is C15H27N3O2. The molecule has 114 valence electrons. The van der Waals surface area contributed by atoms with Gasteiger partial charge in [0.1, 0.15) is 0 Å². The predicted molar refractivity (Wildman–Crippen MR) is 78.3 cm³/mol. The highest BCUT2D eigenvalue weighted by Gasteiger charge is 2.29. The Hall–Kier alpha value is -1.10. The van der Waals surface area contributed by atoms with Gasteiger partial charge in [0, 0.05) is 25.0 Å². The quantitative estimate of drug-likeness (QED) is 0.817. The van der Waals surface area contributed by atoms with Gasteiger partial charge in [-0.3, -0.25) is 14.5 Å². The van der Waals surface area contributed by atoms with Crippen LogP contribution in [0.1, 0.15) is 46.0 Å². The summed E-state index contributed by atoms with van der Waals surface area (Å²) in [6.07, 6.45) is 5.30. The van der Waals surface area contributed by atoms with E-state index >= 15 is 0 Å². The van der Waals surface area contributed by atoms with Crippen molar-refractivity contribution in [1.29, 1.82) is 0 Å². The average Bonchev–Trinajstić information content (AvgIpc) is 2.77. The van der Waals surface area contributed by atoms with Crippen LogP contribution in [0, 0.1) is 0 Å². The molecule has 2 fully saturated rings. The number of hydrogen-bond acceptors (Lipinski definition) is 3. The number of likely N-dealkylation sites (tertiary alicyclic amines) is 2. The lowest BCUT2D eigenvalue weighted by Crippen LogP contribution is -2.47. The zero-order valence-electron chi connectivity index (χ0n) is 12.7. The molecule has 0 saturated carbocycles. The van der Waals surface area contributed by atoms with Crippen molar-refractivity contribution in [3.8, 4) is 0 Å². The van der Waals surface area contributed by atoms with Crippen molar-refractivity contribution in [2.75, 3.05) is 26.2 Å². The Morgan fingerprint density at radius 3 is 2.65 bits per heavy atom. The number of carbonyl (C=O) groups is 2. The number of nitrogens with one attached hydrogen (secondary N) is 1. The lowest BCUT2D eigenvalue weighted by Gasteiger charge is -2.32. The van der Waals surface area contributed by atoms with E-state index in [2.05, 4.69) is 17.1 Å². The Balaban J connectivity index is 1.70. The van der Waals surface area contributed by atoms with E-state index in [9.17, 15) is 9.59 Å². The Bertz CT molecular complexity index is 353. The molecule has 2 heterocycles. The molecule has 5 nitrogen and oxygen atoms in total. The smallest absolute Gasteiger partial charge is 0.239 e. The van der Waals surface area contributed by atoms with E-state index in [1.54, 1.807) is 4.90 Å². The molecule has 0 spiro atoms. The molecule has 0 bridgehead atoms. The molecule has 20 heavy (non-hydrogen) atoms. The largest absolute Gasteiger partial charge is 0.353 e. The van der Waals surface area contributed by atoms with Crippen molar-refractivity contribution in [3.05, 3.63) is 0 Å². The van der Waals surface area contributed by atoms with E-state index in [0.717, 1.165) is 19.5 Å². The van der Waals surface area contributed by atoms with E-state index in [4.69, 9.17) is 0 Å². The first-order chi connectivity index (χ1) is 9.58. The molecule has 5 heteroatoms. The minimum atomic E-state index is -0.0315. The van der Waals surface area contributed by atoms with Gasteiger partial charge in [-0.05, 0) is 46.2 Å². The first-order valence-electron chi connectivity index (χ1n) is 7.88. The lowest BCUT2D eigenvalue weighted by molar-refractivity contribution is -0.134. The molecule has 2 unspecified atom stereocenters. The lowest BCUT2D eigenvalue weighted by atomic mass is 10.1. The SMILES string of the molecule is CC(CNC(=O)CN1C(=O)CCC1C)N1CCCCC1. The minimum Gasteiger partial charge on any atom is -0.353 e. The van der Waals surface area contributed by atoms with Crippen LogP contribution in [0.3, 0.4) is 0 Å². The normalized spacial score (nSPS) is 25.8. The number of hydrogen-bond donors (Lipinski definition) is 1. The molecule has 2 amide bonds. The summed E-state index contributed by atoms with van der Waals surface area (Å²) in [5.74, 6) is 0.0766. The van der Waals surface area contributed by atoms with Gasteiger partial charge >= 0.3 is 0 Å². The maximum Gasteiger partial charge on any atom is 0.239 e. The molecule has 0 aromatic rings. The van der Waals surface area contributed by atoms with Crippen LogP contribution in [-0.2, 0) is 9.59 Å². The first kappa shape index (κ1) is 15.3. The van der Waals surface area contributed by atoms with Crippen molar-refractivity contribution in [3.63, 3.8) is 0 Å². The molecule has 2 aliphatic rings. The Morgan fingerprint density at radius 2 is 2.05 bits per heavy atom. The number of rotatable bonds is 5. The Labute approximate surface area is 121 Å². The Morgan fingerprint density at radius 1 is 1.35 bits per heavy atom. The van der Waals surface area contributed by atoms with Gasteiger partial charge < -0.3 is 10.2 Å². The van der Waals surface area contributed by atoms with Gasteiger partial charge in [0.25, 0.3) is 0 Å². The fourth-order valence-corrected chi connectivity index (χ4v) is 3.08. The maximum absolute atomic E-state index is 12.0. The summed E-state index contributed by atoms with van der Waals surface area (Å²) in [7, 11) is 0. The minimum absolute atomic E-state index is 0.0315. The fraction of sp³-hybridized carbons (Fsp3) is 0.867. The van der Waals surface area contributed by atoms with Gasteiger partial charge in [0.2, 0.25) is 11.8 Å². The van der Waals surface area contributed by atoms with Gasteiger partial charge in [-0.2, -0.15) is 0 Å². The van der Waals surface area contributed by atoms with Crippen molar-refractivity contribution in [2.45, 2.75) is 58.0 Å². The van der Waals surface area contributed by atoms with Crippen molar-refractivity contribution >= 4 is 11.8 Å². The van der Waals surface area contributed by atoms with Crippen LogP contribution in [0.4, 0.5) is 0 Å². The molecule has 2 saturated heterocycles. The third-order valence-electron chi connectivity index (χ3n) is 4.55. The van der Waals surface area contributed by atoms with Crippen molar-refractivity contribution in [2.24, 2.45) is 0 Å². The van der Waals surface area contributed by atoms with Crippen LogP contribution >= 0.6 is 0 Å². The molecule has 2 rings (SSSR count). The number of amides is 2. The number of nitrogens with zero attached hydrogens (tertiary/aromatic N) is 2. The predicted octanol–water partition coefficient (Wildman–Crippen LogP) is 0.988. The summed E-state index contributed by atoms with van der Waals surface area (Å²) in [6.45, 7) is 7.34. The van der Waals surface area contributed by atoms with Gasteiger partial charge in [-0.1, -0.05) is 6.42 Å². The third kappa shape index (κ3) is 3.95. The van der Waals surface area contributed by atoms with Crippen LogP contribution in [0.25, 0.3) is 0 Å². The molecule has 0 aliphatic carbocycles. The van der Waals surface area contributed by atoms with Crippen LogP contribution in [-0.4, -0.2) is 59.9 Å². The average molecular weight is 281 g/mol. The van der Waals surface area contributed by atoms with Crippen molar-refractivity contribution < 1.29 is 9.59 Å². The molecule has 0 aromatic carbocycles. The Kier molecular flexibility index (Phi) is 5.40. The second-order valence-corrected chi connectivity index (χ2v) is 6.16. The van der Waals surface area contributed by atoms with Gasteiger partial charge in [0.15, 0.2) is 0 Å². The summed E-state index contributed by atoms with van der Waals surface area (Å²) in [5.41, 5.74) is 0. The van der Waals surface area contributed by atoms with Gasteiger partial charge in [0.05, 0.1) is 6.54 Å². The first-order valence-corrected chi connectivity index (χ1v) is 7.88. The topological polar surface area (TPSA) is 52.7 Å². The standard InChI is InChI=1S/C15H27N3O2/c1-12-6-7-15(20)18(12)11-14(19)16-10-13(2)17-8-4-3-5-9-17/h12-13H,3-11H2,1-2H3,(H,16,19). The monoisotopic (exact) mass is 281 g/mol. The highest BCUT2D eigenvalue weighted by atomic mass is 16.2. The molecule has 2 aliphatic heterocycles. The van der Waals surface area contributed by atoms with Crippen molar-refractivity contribution in [1.82, 2.24) is 15.1 Å². The number of piperidine rings is 1. The number of carbonyl (C=O) groups excluding carboxylic acids is 2. The molecular weight excluding hydrogens is 254 g/mol. The molecule has 0 aromatic heterocycles. The van der Waals surface area contributed by atoms with Crippen LogP contribution in [0.15, 0.2) is 0 Å². The van der Waals surface area contributed by atoms with Gasteiger partial charge in [-0.25, -0.2) is 0 Å².